The van der Waals surface area contributed by atoms with Gasteiger partial charge in [-0.15, -0.1) is 0 Å². The second kappa shape index (κ2) is 5.19. The van der Waals surface area contributed by atoms with Crippen molar-refractivity contribution in [2.24, 2.45) is 11.1 Å². The Bertz CT molecular complexity index is 347. The van der Waals surface area contributed by atoms with E-state index in [2.05, 4.69) is 26.0 Å². The van der Waals surface area contributed by atoms with Gasteiger partial charge in [0.1, 0.15) is 0 Å². The first-order valence-electron chi connectivity index (χ1n) is 6.48. The summed E-state index contributed by atoms with van der Waals surface area (Å²) >= 11 is 0. The van der Waals surface area contributed by atoms with E-state index in [0.717, 1.165) is 12.8 Å². The lowest BCUT2D eigenvalue weighted by Crippen LogP contribution is -2.44. The normalized spacial score (nSPS) is 27.9. The Kier molecular flexibility index (Phi) is 3.85. The summed E-state index contributed by atoms with van der Waals surface area (Å²) in [4.78, 5) is 0. The first-order chi connectivity index (χ1) is 8.07. The number of benzene rings is 1. The maximum atomic E-state index is 6.14. The molecule has 0 aliphatic heterocycles. The fourth-order valence-corrected chi connectivity index (χ4v) is 2.50. The van der Waals surface area contributed by atoms with Gasteiger partial charge in [-0.3, -0.25) is 0 Å². The van der Waals surface area contributed by atoms with Crippen molar-refractivity contribution in [3.63, 3.8) is 0 Å². The molecular formula is C15H23NO. The molecule has 2 nitrogen and oxygen atoms in total. The molecule has 1 aliphatic rings. The molecule has 1 aromatic rings. The second-order valence-corrected chi connectivity index (χ2v) is 5.91. The van der Waals surface area contributed by atoms with E-state index in [4.69, 9.17) is 10.5 Å². The molecule has 1 saturated carbocycles. The van der Waals surface area contributed by atoms with Crippen LogP contribution in [0.1, 0.15) is 38.7 Å². The summed E-state index contributed by atoms with van der Waals surface area (Å²) < 4.78 is 5.99. The molecule has 0 aromatic heterocycles. The smallest absolute Gasteiger partial charge is 0.0735 e. The van der Waals surface area contributed by atoms with Crippen molar-refractivity contribution >= 4 is 0 Å². The highest BCUT2D eigenvalue weighted by Crippen LogP contribution is 2.36. The van der Waals surface area contributed by atoms with Crippen LogP contribution in [-0.2, 0) is 11.3 Å². The maximum Gasteiger partial charge on any atom is 0.0735 e. The summed E-state index contributed by atoms with van der Waals surface area (Å²) in [6, 6.07) is 10.5. The van der Waals surface area contributed by atoms with Crippen LogP contribution in [0.2, 0.25) is 0 Å². The molecule has 0 radical (unpaired) electrons. The number of nitrogens with two attached hydrogens (primary N) is 1. The third-order valence-electron chi connectivity index (χ3n) is 3.69. The molecule has 2 N–H and O–H groups in total. The van der Waals surface area contributed by atoms with Crippen molar-refractivity contribution in [2.75, 3.05) is 0 Å². The van der Waals surface area contributed by atoms with E-state index in [1.54, 1.807) is 0 Å². The van der Waals surface area contributed by atoms with Crippen LogP contribution in [0.5, 0.6) is 0 Å². The van der Waals surface area contributed by atoms with Crippen LogP contribution in [-0.4, -0.2) is 12.1 Å². The fourth-order valence-electron chi connectivity index (χ4n) is 2.50. The molecule has 17 heavy (non-hydrogen) atoms. The predicted molar refractivity (Wildman–Crippen MR) is 70.6 cm³/mol. The van der Waals surface area contributed by atoms with Crippen LogP contribution in [0.15, 0.2) is 30.3 Å². The Hall–Kier alpha value is -0.860. The maximum absolute atomic E-state index is 6.14. The largest absolute Gasteiger partial charge is 0.372 e. The van der Waals surface area contributed by atoms with E-state index in [1.807, 2.05) is 18.2 Å². The molecule has 1 aliphatic carbocycles. The summed E-state index contributed by atoms with van der Waals surface area (Å²) in [5.41, 5.74) is 7.74. The van der Waals surface area contributed by atoms with Crippen molar-refractivity contribution in [2.45, 2.75) is 51.9 Å². The van der Waals surface area contributed by atoms with Crippen molar-refractivity contribution in [1.82, 2.24) is 0 Å². The summed E-state index contributed by atoms with van der Waals surface area (Å²) in [6.07, 6.45) is 3.56. The van der Waals surface area contributed by atoms with Gasteiger partial charge in [0.2, 0.25) is 0 Å². The Labute approximate surface area is 104 Å². The molecule has 2 heteroatoms. The molecular weight excluding hydrogens is 210 g/mol. The Balaban J connectivity index is 1.89. The van der Waals surface area contributed by atoms with E-state index in [9.17, 15) is 0 Å². The van der Waals surface area contributed by atoms with E-state index in [-0.39, 0.29) is 12.1 Å². The summed E-state index contributed by atoms with van der Waals surface area (Å²) in [5.74, 6) is 0. The highest BCUT2D eigenvalue weighted by atomic mass is 16.5. The molecule has 0 spiro atoms. The Morgan fingerprint density at radius 3 is 2.71 bits per heavy atom. The zero-order chi connectivity index (χ0) is 12.3. The van der Waals surface area contributed by atoms with Gasteiger partial charge in [-0.05, 0) is 30.2 Å². The summed E-state index contributed by atoms with van der Waals surface area (Å²) in [7, 11) is 0. The third-order valence-corrected chi connectivity index (χ3v) is 3.69. The minimum atomic E-state index is 0.201. The minimum Gasteiger partial charge on any atom is -0.372 e. The second-order valence-electron chi connectivity index (χ2n) is 5.91. The molecule has 0 amide bonds. The van der Waals surface area contributed by atoms with Gasteiger partial charge in [-0.25, -0.2) is 0 Å². The first kappa shape index (κ1) is 12.6. The van der Waals surface area contributed by atoms with Gasteiger partial charge in [0.25, 0.3) is 0 Å². The fraction of sp³-hybridized carbons (Fsp3) is 0.600. The van der Waals surface area contributed by atoms with E-state index >= 15 is 0 Å². The first-order valence-corrected chi connectivity index (χ1v) is 6.48. The van der Waals surface area contributed by atoms with E-state index in [1.165, 1.54) is 12.0 Å². The van der Waals surface area contributed by atoms with E-state index in [0.29, 0.717) is 12.0 Å². The standard InChI is InChI=1S/C15H23NO/c1-15(2)9-8-13(16)14(10-15)17-11-12-6-4-3-5-7-12/h3-7,13-14H,8-11,16H2,1-2H3. The molecule has 0 saturated heterocycles. The lowest BCUT2D eigenvalue weighted by atomic mass is 9.74. The van der Waals surface area contributed by atoms with Crippen molar-refractivity contribution in [3.8, 4) is 0 Å². The van der Waals surface area contributed by atoms with Crippen molar-refractivity contribution in [3.05, 3.63) is 35.9 Å². The zero-order valence-electron chi connectivity index (χ0n) is 10.9. The number of hydrogen-bond donors (Lipinski definition) is 1. The number of rotatable bonds is 3. The minimum absolute atomic E-state index is 0.201. The van der Waals surface area contributed by atoms with E-state index < -0.39 is 0 Å². The average molecular weight is 233 g/mol. The van der Waals surface area contributed by atoms with Crippen LogP contribution in [0.25, 0.3) is 0 Å². The lowest BCUT2D eigenvalue weighted by Gasteiger charge is -2.39. The molecule has 2 unspecified atom stereocenters. The van der Waals surface area contributed by atoms with Crippen LogP contribution >= 0.6 is 0 Å². The molecule has 2 atom stereocenters. The monoisotopic (exact) mass is 233 g/mol. The SMILES string of the molecule is CC1(C)CCC(N)C(OCc2ccccc2)C1. The van der Waals surface area contributed by atoms with Crippen LogP contribution in [0, 0.1) is 5.41 Å². The summed E-state index contributed by atoms with van der Waals surface area (Å²) in [5, 5.41) is 0. The Morgan fingerprint density at radius 1 is 1.29 bits per heavy atom. The predicted octanol–water partition coefficient (Wildman–Crippen LogP) is 3.11. The number of hydrogen-bond acceptors (Lipinski definition) is 2. The average Bonchev–Trinajstić information content (AvgIpc) is 2.32. The van der Waals surface area contributed by atoms with Gasteiger partial charge in [0.05, 0.1) is 12.7 Å². The molecule has 1 aromatic carbocycles. The van der Waals surface area contributed by atoms with Crippen LogP contribution in [0.3, 0.4) is 0 Å². The van der Waals surface area contributed by atoms with Gasteiger partial charge in [0, 0.05) is 6.04 Å². The summed E-state index contributed by atoms with van der Waals surface area (Å²) in [6.45, 7) is 5.28. The van der Waals surface area contributed by atoms with Crippen molar-refractivity contribution in [1.29, 1.82) is 0 Å². The molecule has 0 bridgehead atoms. The molecule has 0 heterocycles. The van der Waals surface area contributed by atoms with Gasteiger partial charge in [-0.2, -0.15) is 0 Å². The lowest BCUT2D eigenvalue weighted by molar-refractivity contribution is -0.0281. The highest BCUT2D eigenvalue weighted by molar-refractivity contribution is 5.13. The van der Waals surface area contributed by atoms with Gasteiger partial charge >= 0.3 is 0 Å². The quantitative estimate of drug-likeness (QED) is 0.870. The highest BCUT2D eigenvalue weighted by Gasteiger charge is 2.33. The molecule has 1 fully saturated rings. The van der Waals surface area contributed by atoms with Crippen LogP contribution < -0.4 is 5.73 Å². The number of ether oxygens (including phenoxy) is 1. The van der Waals surface area contributed by atoms with Crippen LogP contribution in [0.4, 0.5) is 0 Å². The topological polar surface area (TPSA) is 35.2 Å². The van der Waals surface area contributed by atoms with Gasteiger partial charge < -0.3 is 10.5 Å². The van der Waals surface area contributed by atoms with Crippen molar-refractivity contribution < 1.29 is 4.74 Å². The molecule has 94 valence electrons. The third kappa shape index (κ3) is 3.55. The zero-order valence-corrected chi connectivity index (χ0v) is 10.9. The van der Waals surface area contributed by atoms with Gasteiger partial charge in [-0.1, -0.05) is 44.2 Å². The van der Waals surface area contributed by atoms with Gasteiger partial charge in [0.15, 0.2) is 0 Å². The Morgan fingerprint density at radius 2 is 2.00 bits per heavy atom. The molecule has 2 rings (SSSR count).